The van der Waals surface area contributed by atoms with Crippen LogP contribution in [0.2, 0.25) is 5.02 Å². The van der Waals surface area contributed by atoms with Gasteiger partial charge in [0.15, 0.2) is 0 Å². The van der Waals surface area contributed by atoms with Gasteiger partial charge in [-0.1, -0.05) is 11.6 Å². The monoisotopic (exact) mass is 324 g/mol. The van der Waals surface area contributed by atoms with Gasteiger partial charge >= 0.3 is 0 Å². The van der Waals surface area contributed by atoms with Gasteiger partial charge in [0.05, 0.1) is 5.69 Å². The molecule has 1 aliphatic rings. The minimum Gasteiger partial charge on any atom is -0.324 e. The van der Waals surface area contributed by atoms with Crippen LogP contribution in [0.3, 0.4) is 0 Å². The van der Waals surface area contributed by atoms with Crippen molar-refractivity contribution in [1.82, 2.24) is 5.32 Å². The van der Waals surface area contributed by atoms with Gasteiger partial charge in [-0.05, 0) is 18.2 Å². The molecule has 2 rings (SSSR count). The fourth-order valence-electron chi connectivity index (χ4n) is 1.77. The van der Waals surface area contributed by atoms with Gasteiger partial charge in [0.25, 0.3) is 0 Å². The molecule has 0 saturated carbocycles. The molecule has 0 aromatic heterocycles. The van der Waals surface area contributed by atoms with Crippen LogP contribution < -0.4 is 10.6 Å². The van der Waals surface area contributed by atoms with Gasteiger partial charge in [0, 0.05) is 35.5 Å². The van der Waals surface area contributed by atoms with Crippen molar-refractivity contribution in [2.75, 3.05) is 23.4 Å². The Hall–Kier alpha value is -0.490. The van der Waals surface area contributed by atoms with Crippen LogP contribution in [-0.2, 0) is 4.79 Å². The van der Waals surface area contributed by atoms with Gasteiger partial charge in [-0.2, -0.15) is 11.8 Å². The lowest BCUT2D eigenvalue weighted by Gasteiger charge is -2.22. The van der Waals surface area contributed by atoms with Crippen molar-refractivity contribution in [3.63, 3.8) is 0 Å². The highest BCUT2D eigenvalue weighted by molar-refractivity contribution is 7.99. The molecule has 1 heterocycles. The first-order valence-corrected chi connectivity index (χ1v) is 7.24. The quantitative estimate of drug-likeness (QED) is 0.898. The van der Waals surface area contributed by atoms with Gasteiger partial charge in [-0.25, -0.2) is 4.39 Å². The zero-order valence-corrected chi connectivity index (χ0v) is 12.5. The molecule has 1 aromatic carbocycles. The number of amides is 1. The standard InChI is InChI=1S/C12H14ClFN2OS.ClH/c13-8-1-2-11(10(14)5-8)16-12(17)6-9-7-18-4-3-15-9;/h1-2,5,9,15H,3-4,6-7H2,(H,16,17);1H. The van der Waals surface area contributed by atoms with E-state index in [1.807, 2.05) is 11.8 Å². The number of halogens is 3. The van der Waals surface area contributed by atoms with E-state index in [2.05, 4.69) is 10.6 Å². The lowest BCUT2D eigenvalue weighted by Crippen LogP contribution is -2.39. The van der Waals surface area contributed by atoms with Crippen LogP contribution in [0.15, 0.2) is 18.2 Å². The Morgan fingerprint density at radius 1 is 1.58 bits per heavy atom. The number of hydrogen-bond donors (Lipinski definition) is 2. The number of thioether (sulfide) groups is 1. The molecule has 1 amide bonds. The maximum Gasteiger partial charge on any atom is 0.226 e. The van der Waals surface area contributed by atoms with E-state index in [0.29, 0.717) is 11.4 Å². The summed E-state index contributed by atoms with van der Waals surface area (Å²) in [5, 5.41) is 6.14. The summed E-state index contributed by atoms with van der Waals surface area (Å²) in [6, 6.07) is 4.37. The third kappa shape index (κ3) is 5.18. The third-order valence-electron chi connectivity index (χ3n) is 2.64. The molecule has 0 spiro atoms. The summed E-state index contributed by atoms with van der Waals surface area (Å²) in [5.74, 6) is 1.29. The maximum atomic E-state index is 13.5. The fourth-order valence-corrected chi connectivity index (χ4v) is 2.87. The molecule has 1 saturated heterocycles. The summed E-state index contributed by atoms with van der Waals surface area (Å²) in [4.78, 5) is 11.8. The molecule has 0 radical (unpaired) electrons. The second-order valence-electron chi connectivity index (χ2n) is 4.10. The first-order valence-electron chi connectivity index (χ1n) is 5.71. The molecule has 1 aromatic rings. The number of carbonyl (C=O) groups excluding carboxylic acids is 1. The summed E-state index contributed by atoms with van der Waals surface area (Å²) in [5.41, 5.74) is 0.174. The molecule has 7 heteroatoms. The van der Waals surface area contributed by atoms with E-state index in [0.717, 1.165) is 18.1 Å². The molecule has 19 heavy (non-hydrogen) atoms. The molecule has 1 aliphatic heterocycles. The summed E-state index contributed by atoms with van der Waals surface area (Å²) in [6.45, 7) is 0.915. The van der Waals surface area contributed by atoms with E-state index in [-0.39, 0.29) is 30.0 Å². The van der Waals surface area contributed by atoms with Crippen molar-refractivity contribution in [1.29, 1.82) is 0 Å². The molecule has 3 nitrogen and oxygen atoms in total. The first kappa shape index (κ1) is 16.6. The zero-order chi connectivity index (χ0) is 13.0. The third-order valence-corrected chi connectivity index (χ3v) is 4.00. The Bertz CT molecular complexity index is 442. The SMILES string of the molecule is Cl.O=C(CC1CSCCN1)Nc1ccc(Cl)cc1F. The number of anilines is 1. The van der Waals surface area contributed by atoms with Crippen molar-refractivity contribution < 1.29 is 9.18 Å². The van der Waals surface area contributed by atoms with Crippen molar-refractivity contribution >= 4 is 47.4 Å². The van der Waals surface area contributed by atoms with E-state index < -0.39 is 5.82 Å². The van der Waals surface area contributed by atoms with Crippen LogP contribution >= 0.6 is 35.8 Å². The highest BCUT2D eigenvalue weighted by atomic mass is 35.5. The van der Waals surface area contributed by atoms with Gasteiger partial charge in [0.1, 0.15) is 5.82 Å². The van der Waals surface area contributed by atoms with Crippen LogP contribution in [0.1, 0.15) is 6.42 Å². The predicted octanol–water partition coefficient (Wildman–Crippen LogP) is 2.93. The second kappa shape index (κ2) is 7.94. The lowest BCUT2D eigenvalue weighted by molar-refractivity contribution is -0.116. The summed E-state index contributed by atoms with van der Waals surface area (Å²) >= 11 is 7.47. The molecule has 1 fully saturated rings. The van der Waals surface area contributed by atoms with Gasteiger partial charge in [-0.15, -0.1) is 12.4 Å². The normalized spacial score (nSPS) is 18.5. The van der Waals surface area contributed by atoms with Crippen LogP contribution in [0.5, 0.6) is 0 Å². The fraction of sp³-hybridized carbons (Fsp3) is 0.417. The van der Waals surface area contributed by atoms with Crippen LogP contribution in [0.25, 0.3) is 0 Å². The Balaban J connectivity index is 0.00000180. The predicted molar refractivity (Wildman–Crippen MR) is 81.0 cm³/mol. The van der Waals surface area contributed by atoms with Crippen LogP contribution in [0, 0.1) is 5.82 Å². The number of rotatable bonds is 3. The number of carbonyl (C=O) groups is 1. The molecule has 2 N–H and O–H groups in total. The summed E-state index contributed by atoms with van der Waals surface area (Å²) < 4.78 is 13.5. The van der Waals surface area contributed by atoms with Crippen molar-refractivity contribution in [3.05, 3.63) is 29.0 Å². The van der Waals surface area contributed by atoms with Gasteiger partial charge < -0.3 is 10.6 Å². The van der Waals surface area contributed by atoms with Crippen LogP contribution in [-0.4, -0.2) is 30.0 Å². The highest BCUT2D eigenvalue weighted by Crippen LogP contribution is 2.19. The van der Waals surface area contributed by atoms with E-state index in [1.54, 1.807) is 6.07 Å². The Morgan fingerprint density at radius 3 is 3.00 bits per heavy atom. The summed E-state index contributed by atoms with van der Waals surface area (Å²) in [6.07, 6.45) is 0.356. The summed E-state index contributed by atoms with van der Waals surface area (Å²) in [7, 11) is 0. The highest BCUT2D eigenvalue weighted by Gasteiger charge is 2.17. The average Bonchev–Trinajstić information content (AvgIpc) is 2.34. The first-order chi connectivity index (χ1) is 8.65. The van der Waals surface area contributed by atoms with Crippen LogP contribution in [0.4, 0.5) is 10.1 Å². The molecule has 106 valence electrons. The Morgan fingerprint density at radius 2 is 2.37 bits per heavy atom. The average molecular weight is 325 g/mol. The van der Waals surface area contributed by atoms with E-state index in [4.69, 9.17) is 11.6 Å². The Labute approximate surface area is 127 Å². The molecular weight excluding hydrogens is 310 g/mol. The topological polar surface area (TPSA) is 41.1 Å². The number of nitrogens with one attached hydrogen (secondary N) is 2. The van der Waals surface area contributed by atoms with E-state index in [1.165, 1.54) is 12.1 Å². The molecule has 1 unspecified atom stereocenters. The second-order valence-corrected chi connectivity index (χ2v) is 5.69. The number of benzene rings is 1. The largest absolute Gasteiger partial charge is 0.324 e. The number of hydrogen-bond acceptors (Lipinski definition) is 3. The minimum absolute atomic E-state index is 0. The van der Waals surface area contributed by atoms with E-state index in [9.17, 15) is 9.18 Å². The minimum atomic E-state index is -0.512. The van der Waals surface area contributed by atoms with Crippen molar-refractivity contribution in [3.8, 4) is 0 Å². The van der Waals surface area contributed by atoms with Gasteiger partial charge in [0.2, 0.25) is 5.91 Å². The smallest absolute Gasteiger partial charge is 0.226 e. The maximum absolute atomic E-state index is 13.5. The molecule has 0 aliphatic carbocycles. The lowest BCUT2D eigenvalue weighted by atomic mass is 10.2. The van der Waals surface area contributed by atoms with Crippen molar-refractivity contribution in [2.24, 2.45) is 0 Å². The molecule has 0 bridgehead atoms. The Kier molecular flexibility index (Phi) is 6.93. The van der Waals surface area contributed by atoms with E-state index >= 15 is 0 Å². The van der Waals surface area contributed by atoms with Crippen molar-refractivity contribution in [2.45, 2.75) is 12.5 Å². The van der Waals surface area contributed by atoms with Gasteiger partial charge in [-0.3, -0.25) is 4.79 Å². The molecule has 1 atom stereocenters. The molecular formula is C12H15Cl2FN2OS. The zero-order valence-electron chi connectivity index (χ0n) is 10.1.